The summed E-state index contributed by atoms with van der Waals surface area (Å²) in [4.78, 5) is 25.2. The van der Waals surface area contributed by atoms with Gasteiger partial charge in [-0.25, -0.2) is 0 Å². The van der Waals surface area contributed by atoms with E-state index in [4.69, 9.17) is 5.11 Å². The number of rotatable bonds is 6. The van der Waals surface area contributed by atoms with Crippen LogP contribution in [0.2, 0.25) is 0 Å². The van der Waals surface area contributed by atoms with Crippen LogP contribution in [-0.4, -0.2) is 41.3 Å². The first-order chi connectivity index (χ1) is 12.7. The maximum atomic E-state index is 12.8. The van der Waals surface area contributed by atoms with Crippen LogP contribution in [-0.2, 0) is 9.59 Å². The molecular formula is C19H22F3NO4. The van der Waals surface area contributed by atoms with Crippen LogP contribution >= 0.6 is 0 Å². The van der Waals surface area contributed by atoms with Gasteiger partial charge in [-0.1, -0.05) is 18.2 Å². The lowest BCUT2D eigenvalue weighted by Gasteiger charge is -2.33. The summed E-state index contributed by atoms with van der Waals surface area (Å²) in [7, 11) is 0. The molecule has 1 amide bonds. The van der Waals surface area contributed by atoms with Crippen LogP contribution in [0.1, 0.15) is 43.6 Å². The Balaban J connectivity index is 1.61. The number of aliphatic carboxylic acids is 1. The first-order valence-electron chi connectivity index (χ1n) is 9.10. The summed E-state index contributed by atoms with van der Waals surface area (Å²) < 4.78 is 41.9. The predicted molar refractivity (Wildman–Crippen MR) is 90.1 cm³/mol. The number of alkyl halides is 3. The van der Waals surface area contributed by atoms with E-state index in [0.29, 0.717) is 31.5 Å². The fourth-order valence-corrected chi connectivity index (χ4v) is 3.88. The minimum Gasteiger partial charge on any atom is -0.481 e. The average Bonchev–Trinajstić information content (AvgIpc) is 3.39. The summed E-state index contributed by atoms with van der Waals surface area (Å²) in [5.74, 6) is -1.58. The highest BCUT2D eigenvalue weighted by Crippen LogP contribution is 2.52. The second kappa shape index (κ2) is 7.78. The number of hydrogen-bond donors (Lipinski definition) is 1. The molecule has 0 aromatic heterocycles. The van der Waals surface area contributed by atoms with E-state index in [-0.39, 0.29) is 35.8 Å². The van der Waals surface area contributed by atoms with Gasteiger partial charge in [-0.3, -0.25) is 9.59 Å². The summed E-state index contributed by atoms with van der Waals surface area (Å²) >= 11 is 0. The molecule has 8 heteroatoms. The molecule has 1 aromatic carbocycles. The van der Waals surface area contributed by atoms with E-state index in [1.165, 1.54) is 12.1 Å². The van der Waals surface area contributed by atoms with E-state index in [9.17, 15) is 22.8 Å². The van der Waals surface area contributed by atoms with Crippen molar-refractivity contribution in [2.24, 2.45) is 11.8 Å². The van der Waals surface area contributed by atoms with Crippen molar-refractivity contribution in [3.05, 3.63) is 29.8 Å². The van der Waals surface area contributed by atoms with Crippen LogP contribution in [0.25, 0.3) is 0 Å². The van der Waals surface area contributed by atoms with Crippen LogP contribution in [0.4, 0.5) is 13.2 Å². The molecule has 0 bridgehead atoms. The summed E-state index contributed by atoms with van der Waals surface area (Å²) in [5, 5.41) is 8.81. The lowest BCUT2D eigenvalue weighted by Crippen LogP contribution is -2.41. The quantitative estimate of drug-likeness (QED) is 0.809. The van der Waals surface area contributed by atoms with Gasteiger partial charge in [0.15, 0.2) is 0 Å². The van der Waals surface area contributed by atoms with Gasteiger partial charge in [0.05, 0.1) is 0 Å². The molecule has 5 nitrogen and oxygen atoms in total. The Bertz CT molecular complexity index is 706. The number of para-hydroxylation sites is 1. The third-order valence-electron chi connectivity index (χ3n) is 5.25. The van der Waals surface area contributed by atoms with E-state index in [2.05, 4.69) is 4.74 Å². The molecule has 0 unspecified atom stereocenters. The zero-order chi connectivity index (χ0) is 19.6. The average molecular weight is 385 g/mol. The summed E-state index contributed by atoms with van der Waals surface area (Å²) in [6.45, 7) is 1.14. The monoisotopic (exact) mass is 385 g/mol. The molecule has 0 spiro atoms. The molecular weight excluding hydrogens is 363 g/mol. The van der Waals surface area contributed by atoms with E-state index in [1.54, 1.807) is 17.0 Å². The van der Waals surface area contributed by atoms with E-state index in [1.807, 2.05) is 0 Å². The molecule has 3 rings (SSSR count). The second-order valence-electron chi connectivity index (χ2n) is 7.26. The zero-order valence-corrected chi connectivity index (χ0v) is 14.7. The first-order valence-corrected chi connectivity index (χ1v) is 9.10. The molecule has 2 fully saturated rings. The van der Waals surface area contributed by atoms with E-state index in [0.717, 1.165) is 12.8 Å². The Morgan fingerprint density at radius 1 is 1.26 bits per heavy atom. The highest BCUT2D eigenvalue weighted by molar-refractivity contribution is 5.83. The summed E-state index contributed by atoms with van der Waals surface area (Å²) in [6, 6.07) is 5.96. The molecule has 3 atom stereocenters. The van der Waals surface area contributed by atoms with Crippen LogP contribution in [0, 0.1) is 11.8 Å². The minimum atomic E-state index is -4.77. The van der Waals surface area contributed by atoms with Crippen molar-refractivity contribution >= 4 is 11.9 Å². The highest BCUT2D eigenvalue weighted by Gasteiger charge is 2.48. The van der Waals surface area contributed by atoms with Gasteiger partial charge in [-0.15, -0.1) is 13.2 Å². The number of benzene rings is 1. The lowest BCUT2D eigenvalue weighted by atomic mass is 9.93. The molecule has 2 aliphatic rings. The van der Waals surface area contributed by atoms with Gasteiger partial charge in [-0.2, -0.15) is 0 Å². The Labute approximate surface area is 155 Å². The molecule has 1 saturated heterocycles. The number of ether oxygens (including phenoxy) is 1. The fourth-order valence-electron chi connectivity index (χ4n) is 3.88. The van der Waals surface area contributed by atoms with Crippen molar-refractivity contribution in [3.63, 3.8) is 0 Å². The Kier molecular flexibility index (Phi) is 5.62. The van der Waals surface area contributed by atoms with Crippen molar-refractivity contribution in [1.82, 2.24) is 4.90 Å². The van der Waals surface area contributed by atoms with Crippen molar-refractivity contribution in [2.45, 2.75) is 44.4 Å². The number of carboxylic acid groups (broad SMARTS) is 1. The summed E-state index contributed by atoms with van der Waals surface area (Å²) in [6.07, 6.45) is -1.92. The topological polar surface area (TPSA) is 66.8 Å². The second-order valence-corrected chi connectivity index (χ2v) is 7.26. The fraction of sp³-hybridized carbons (Fsp3) is 0.579. The number of likely N-dealkylation sites (tertiary alicyclic amines) is 1. The van der Waals surface area contributed by atoms with Gasteiger partial charge >= 0.3 is 12.3 Å². The van der Waals surface area contributed by atoms with Crippen molar-refractivity contribution < 1.29 is 32.6 Å². The van der Waals surface area contributed by atoms with Crippen molar-refractivity contribution in [2.75, 3.05) is 13.1 Å². The largest absolute Gasteiger partial charge is 0.573 e. The van der Waals surface area contributed by atoms with Gasteiger partial charge in [0.2, 0.25) is 5.91 Å². The standard InChI is InChI=1S/C19H22F3NO4/c20-19(21,22)27-16-6-2-1-5-13(16)14-10-15(14)18(26)23-9-3-4-12(11-23)7-8-17(24)25/h1-2,5-6,12,14-15H,3-4,7-11H2,(H,24,25)/t12-,14+,15-/m0/s1. The first kappa shape index (κ1) is 19.5. The van der Waals surface area contributed by atoms with Crippen molar-refractivity contribution in [1.29, 1.82) is 0 Å². The Morgan fingerprint density at radius 2 is 2.00 bits per heavy atom. The molecule has 1 aliphatic carbocycles. The maximum absolute atomic E-state index is 12.8. The third kappa shape index (κ3) is 5.14. The zero-order valence-electron chi connectivity index (χ0n) is 14.7. The number of piperidine rings is 1. The van der Waals surface area contributed by atoms with Gasteiger partial charge in [-0.05, 0) is 49.1 Å². The SMILES string of the molecule is O=C(O)CC[C@@H]1CCCN(C(=O)[C@H]2C[C@@H]2c2ccccc2OC(F)(F)F)C1. The van der Waals surface area contributed by atoms with Gasteiger partial charge < -0.3 is 14.7 Å². The molecule has 1 aliphatic heterocycles. The van der Waals surface area contributed by atoms with Gasteiger partial charge in [0, 0.05) is 25.4 Å². The number of hydrogen-bond acceptors (Lipinski definition) is 3. The number of carboxylic acids is 1. The number of nitrogens with zero attached hydrogens (tertiary/aromatic N) is 1. The molecule has 1 N–H and O–H groups in total. The third-order valence-corrected chi connectivity index (χ3v) is 5.25. The van der Waals surface area contributed by atoms with Crippen molar-refractivity contribution in [3.8, 4) is 5.75 Å². The smallest absolute Gasteiger partial charge is 0.481 e. The molecule has 0 radical (unpaired) electrons. The van der Waals surface area contributed by atoms with Crippen LogP contribution < -0.4 is 4.74 Å². The van der Waals surface area contributed by atoms with Gasteiger partial charge in [0.25, 0.3) is 0 Å². The van der Waals surface area contributed by atoms with Crippen LogP contribution in [0.3, 0.4) is 0 Å². The predicted octanol–water partition coefficient (Wildman–Crippen LogP) is 3.79. The number of carbonyl (C=O) groups is 2. The minimum absolute atomic E-state index is 0.0539. The van der Waals surface area contributed by atoms with Crippen LogP contribution in [0.15, 0.2) is 24.3 Å². The number of halogens is 3. The molecule has 148 valence electrons. The van der Waals surface area contributed by atoms with E-state index >= 15 is 0 Å². The summed E-state index contributed by atoms with van der Waals surface area (Å²) in [5.41, 5.74) is 0.410. The Morgan fingerprint density at radius 3 is 2.70 bits per heavy atom. The number of carbonyl (C=O) groups excluding carboxylic acids is 1. The Hall–Kier alpha value is -2.25. The molecule has 1 heterocycles. The van der Waals surface area contributed by atoms with E-state index < -0.39 is 12.3 Å². The normalized spacial score (nSPS) is 25.1. The highest BCUT2D eigenvalue weighted by atomic mass is 19.4. The number of amides is 1. The molecule has 27 heavy (non-hydrogen) atoms. The van der Waals surface area contributed by atoms with Crippen LogP contribution in [0.5, 0.6) is 5.75 Å². The molecule has 1 aromatic rings. The lowest BCUT2D eigenvalue weighted by molar-refractivity contribution is -0.274. The maximum Gasteiger partial charge on any atom is 0.573 e. The van der Waals surface area contributed by atoms with Gasteiger partial charge in [0.1, 0.15) is 5.75 Å². The molecule has 1 saturated carbocycles.